The summed E-state index contributed by atoms with van der Waals surface area (Å²) >= 11 is 6.04. The van der Waals surface area contributed by atoms with Crippen molar-refractivity contribution in [2.75, 3.05) is 19.3 Å². The maximum Gasteiger partial charge on any atom is 0.262 e. The number of likely N-dealkylation sites (tertiary alicyclic amines) is 1. The van der Waals surface area contributed by atoms with Crippen molar-refractivity contribution >= 4 is 29.1 Å². The number of anilines is 1. The van der Waals surface area contributed by atoms with Crippen molar-refractivity contribution < 1.29 is 23.9 Å². The lowest BCUT2D eigenvalue weighted by Gasteiger charge is -2.30. The molecule has 2 fully saturated rings. The molecule has 0 aromatic heterocycles. The molecule has 0 radical (unpaired) electrons. The number of nitrogens with zero attached hydrogens (tertiary/aromatic N) is 2. The van der Waals surface area contributed by atoms with Crippen molar-refractivity contribution in [2.45, 2.75) is 32.0 Å². The second kappa shape index (κ2) is 7.81. The minimum atomic E-state index is -0.896. The minimum absolute atomic E-state index is 0.249. The zero-order chi connectivity index (χ0) is 21.6. The Hall–Kier alpha value is -2.77. The molecule has 0 spiro atoms. The van der Waals surface area contributed by atoms with Gasteiger partial charge < -0.3 is 9.47 Å². The third kappa shape index (κ3) is 3.18. The lowest BCUT2D eigenvalue weighted by molar-refractivity contribution is -0.145. The Balaban J connectivity index is 1.84. The standard InChI is InChI=1S/C22H23ClN2O5/c1-12(2)24-21(26)18-19(16-10-9-15(28-3)11-17(16)29-4)25(30-20(18)22(24)27)14-7-5-13(23)6-8-14/h5-12,18-20H,1-4H3/t18-,19-,20+/m1/s1. The summed E-state index contributed by atoms with van der Waals surface area (Å²) in [6.07, 6.45) is -0.896. The lowest BCUT2D eigenvalue weighted by atomic mass is 9.90. The molecule has 4 rings (SSSR count). The Labute approximate surface area is 180 Å². The van der Waals surface area contributed by atoms with Gasteiger partial charge in [0.05, 0.1) is 25.9 Å². The van der Waals surface area contributed by atoms with E-state index in [1.54, 1.807) is 55.7 Å². The number of benzene rings is 2. The zero-order valence-corrected chi connectivity index (χ0v) is 17.9. The topological polar surface area (TPSA) is 68.3 Å². The van der Waals surface area contributed by atoms with Crippen LogP contribution in [-0.2, 0) is 14.4 Å². The van der Waals surface area contributed by atoms with Crippen LogP contribution in [-0.4, -0.2) is 43.1 Å². The number of methoxy groups -OCH3 is 2. The van der Waals surface area contributed by atoms with Gasteiger partial charge in [0.2, 0.25) is 5.91 Å². The van der Waals surface area contributed by atoms with E-state index in [2.05, 4.69) is 0 Å². The molecule has 3 atom stereocenters. The summed E-state index contributed by atoms with van der Waals surface area (Å²) in [7, 11) is 3.13. The van der Waals surface area contributed by atoms with Crippen molar-refractivity contribution in [3.05, 3.63) is 53.1 Å². The van der Waals surface area contributed by atoms with E-state index in [1.165, 1.54) is 4.90 Å². The van der Waals surface area contributed by atoms with E-state index in [1.807, 2.05) is 19.9 Å². The van der Waals surface area contributed by atoms with E-state index in [0.29, 0.717) is 22.2 Å². The molecule has 0 aliphatic carbocycles. The normalized spacial score (nSPS) is 23.3. The number of hydroxylamine groups is 1. The Kier molecular flexibility index (Phi) is 5.34. The summed E-state index contributed by atoms with van der Waals surface area (Å²) in [5, 5.41) is 2.19. The number of hydrogen-bond acceptors (Lipinski definition) is 6. The van der Waals surface area contributed by atoms with Crippen LogP contribution < -0.4 is 14.5 Å². The van der Waals surface area contributed by atoms with Crippen LogP contribution in [0, 0.1) is 5.92 Å². The maximum absolute atomic E-state index is 13.3. The Morgan fingerprint density at radius 3 is 2.30 bits per heavy atom. The van der Waals surface area contributed by atoms with Crippen molar-refractivity contribution in [3.8, 4) is 11.5 Å². The highest BCUT2D eigenvalue weighted by molar-refractivity contribution is 6.30. The average molecular weight is 431 g/mol. The van der Waals surface area contributed by atoms with Crippen LogP contribution in [0.5, 0.6) is 11.5 Å². The van der Waals surface area contributed by atoms with Gasteiger partial charge in [0, 0.05) is 22.7 Å². The number of imide groups is 1. The highest BCUT2D eigenvalue weighted by atomic mass is 35.5. The second-order valence-corrected chi connectivity index (χ2v) is 7.98. The predicted molar refractivity (Wildman–Crippen MR) is 112 cm³/mol. The van der Waals surface area contributed by atoms with Gasteiger partial charge in [-0.2, -0.15) is 0 Å². The monoisotopic (exact) mass is 430 g/mol. The number of halogens is 1. The molecule has 2 aromatic carbocycles. The number of fused-ring (bicyclic) bond motifs is 1. The SMILES string of the molecule is COc1ccc([C@@H]2[C@H]3C(=O)N(C(C)C)C(=O)[C@H]3ON2c2ccc(Cl)cc2)c(OC)c1. The number of carbonyl (C=O) groups excluding carboxylic acids is 2. The molecule has 0 N–H and O–H groups in total. The largest absolute Gasteiger partial charge is 0.497 e. The molecule has 2 aromatic rings. The van der Waals surface area contributed by atoms with Gasteiger partial charge in [-0.05, 0) is 50.2 Å². The van der Waals surface area contributed by atoms with Gasteiger partial charge in [0.1, 0.15) is 17.4 Å². The minimum Gasteiger partial charge on any atom is -0.497 e. The fraction of sp³-hybridized carbons (Fsp3) is 0.364. The Bertz CT molecular complexity index is 978. The number of hydrogen-bond donors (Lipinski definition) is 0. The molecular weight excluding hydrogens is 408 g/mol. The second-order valence-electron chi connectivity index (χ2n) is 7.55. The fourth-order valence-corrected chi connectivity index (χ4v) is 4.26. The Morgan fingerprint density at radius 1 is 1.00 bits per heavy atom. The highest BCUT2D eigenvalue weighted by Gasteiger charge is 2.60. The molecule has 30 heavy (non-hydrogen) atoms. The van der Waals surface area contributed by atoms with Crippen LogP contribution in [0.25, 0.3) is 0 Å². The van der Waals surface area contributed by atoms with Crippen molar-refractivity contribution in [1.82, 2.24) is 4.90 Å². The predicted octanol–water partition coefficient (Wildman–Crippen LogP) is 3.61. The van der Waals surface area contributed by atoms with Crippen LogP contribution in [0.3, 0.4) is 0 Å². The van der Waals surface area contributed by atoms with E-state index in [0.717, 1.165) is 5.56 Å². The molecule has 8 heteroatoms. The fourth-order valence-electron chi connectivity index (χ4n) is 4.14. The smallest absolute Gasteiger partial charge is 0.262 e. The van der Waals surface area contributed by atoms with Gasteiger partial charge in [0.25, 0.3) is 5.91 Å². The van der Waals surface area contributed by atoms with E-state index in [-0.39, 0.29) is 17.9 Å². The molecule has 2 amide bonds. The number of rotatable bonds is 5. The van der Waals surface area contributed by atoms with Gasteiger partial charge in [-0.3, -0.25) is 19.3 Å². The molecule has 0 saturated carbocycles. The molecule has 0 bridgehead atoms. The van der Waals surface area contributed by atoms with Crippen molar-refractivity contribution in [2.24, 2.45) is 5.92 Å². The quantitative estimate of drug-likeness (QED) is 0.675. The molecular formula is C22H23ClN2O5. The molecule has 0 unspecified atom stereocenters. The summed E-state index contributed by atoms with van der Waals surface area (Å²) in [5.41, 5.74) is 1.42. The molecule has 2 aliphatic rings. The van der Waals surface area contributed by atoms with Gasteiger partial charge in [-0.1, -0.05) is 11.6 Å². The summed E-state index contributed by atoms with van der Waals surface area (Å²) in [5.74, 6) is -0.0984. The molecule has 2 aliphatic heterocycles. The maximum atomic E-state index is 13.3. The molecule has 7 nitrogen and oxygen atoms in total. The van der Waals surface area contributed by atoms with Gasteiger partial charge >= 0.3 is 0 Å². The van der Waals surface area contributed by atoms with Crippen molar-refractivity contribution in [1.29, 1.82) is 0 Å². The molecule has 158 valence electrons. The summed E-state index contributed by atoms with van der Waals surface area (Å²) in [4.78, 5) is 33.6. The average Bonchev–Trinajstić information content (AvgIpc) is 3.24. The lowest BCUT2D eigenvalue weighted by Crippen LogP contribution is -2.41. The van der Waals surface area contributed by atoms with E-state index < -0.39 is 18.1 Å². The van der Waals surface area contributed by atoms with E-state index in [4.69, 9.17) is 25.9 Å². The summed E-state index contributed by atoms with van der Waals surface area (Å²) in [6.45, 7) is 3.63. The Morgan fingerprint density at radius 2 is 1.70 bits per heavy atom. The van der Waals surface area contributed by atoms with Crippen LogP contribution in [0.1, 0.15) is 25.5 Å². The van der Waals surface area contributed by atoms with Gasteiger partial charge in [0.15, 0.2) is 6.10 Å². The van der Waals surface area contributed by atoms with E-state index in [9.17, 15) is 9.59 Å². The summed E-state index contributed by atoms with van der Waals surface area (Å²) < 4.78 is 10.9. The van der Waals surface area contributed by atoms with Crippen LogP contribution >= 0.6 is 11.6 Å². The van der Waals surface area contributed by atoms with Crippen LogP contribution in [0.15, 0.2) is 42.5 Å². The first-order chi connectivity index (χ1) is 14.4. The number of carbonyl (C=O) groups is 2. The highest BCUT2D eigenvalue weighted by Crippen LogP contribution is 2.49. The first kappa shape index (κ1) is 20.5. The first-order valence-electron chi connectivity index (χ1n) is 9.67. The third-order valence-electron chi connectivity index (χ3n) is 5.51. The van der Waals surface area contributed by atoms with Crippen LogP contribution in [0.4, 0.5) is 5.69 Å². The zero-order valence-electron chi connectivity index (χ0n) is 17.2. The van der Waals surface area contributed by atoms with Gasteiger partial charge in [-0.25, -0.2) is 5.06 Å². The first-order valence-corrected chi connectivity index (χ1v) is 10.1. The number of amides is 2. The third-order valence-corrected chi connectivity index (χ3v) is 5.76. The number of ether oxygens (including phenoxy) is 2. The molecule has 2 saturated heterocycles. The molecule has 2 heterocycles. The van der Waals surface area contributed by atoms with Crippen LogP contribution in [0.2, 0.25) is 5.02 Å². The summed E-state index contributed by atoms with van der Waals surface area (Å²) in [6, 6.07) is 11.6. The van der Waals surface area contributed by atoms with Crippen molar-refractivity contribution in [3.63, 3.8) is 0 Å². The van der Waals surface area contributed by atoms with Gasteiger partial charge in [-0.15, -0.1) is 0 Å². The van der Waals surface area contributed by atoms with E-state index >= 15 is 0 Å².